The van der Waals surface area contributed by atoms with E-state index in [0.717, 1.165) is 17.0 Å². The van der Waals surface area contributed by atoms with Gasteiger partial charge < -0.3 is 4.74 Å². The first-order valence-corrected chi connectivity index (χ1v) is 10.2. The van der Waals surface area contributed by atoms with Crippen molar-refractivity contribution in [2.45, 2.75) is 51.4 Å². The number of carbonyl (C=O) groups excluding carboxylic acids is 2. The maximum absolute atomic E-state index is 15.2. The van der Waals surface area contributed by atoms with Gasteiger partial charge in [0, 0.05) is 24.0 Å². The van der Waals surface area contributed by atoms with Crippen LogP contribution in [0.1, 0.15) is 32.8 Å². The normalized spacial score (nSPS) is 18.9. The van der Waals surface area contributed by atoms with Gasteiger partial charge >= 0.3 is 6.09 Å². The van der Waals surface area contributed by atoms with Gasteiger partial charge in [-0.25, -0.2) is 18.0 Å². The van der Waals surface area contributed by atoms with E-state index in [1.54, 1.807) is 26.8 Å². The second-order valence-corrected chi connectivity index (χ2v) is 8.93. The number of amides is 1. The molecule has 0 unspecified atom stereocenters. The lowest BCUT2D eigenvalue weighted by molar-refractivity contribution is -0.122. The summed E-state index contributed by atoms with van der Waals surface area (Å²) in [6.07, 6.45) is -2.65. The molecule has 166 valence electrons. The van der Waals surface area contributed by atoms with E-state index in [4.69, 9.17) is 16.3 Å². The Labute approximate surface area is 183 Å². The van der Waals surface area contributed by atoms with Crippen LogP contribution in [0.25, 0.3) is 11.1 Å². The molecule has 1 amide bonds. The summed E-state index contributed by atoms with van der Waals surface area (Å²) >= 11 is 6.05. The maximum Gasteiger partial charge on any atom is 0.411 e. The molecule has 3 rings (SSSR count). The van der Waals surface area contributed by atoms with Crippen molar-refractivity contribution in [2.24, 2.45) is 0 Å². The van der Waals surface area contributed by atoms with Crippen LogP contribution in [0.15, 0.2) is 36.4 Å². The molecule has 0 radical (unpaired) electrons. The van der Waals surface area contributed by atoms with Crippen molar-refractivity contribution in [3.8, 4) is 11.1 Å². The summed E-state index contributed by atoms with van der Waals surface area (Å²) < 4.78 is 47.8. The molecule has 0 aliphatic carbocycles. The molecular formula is C23H23ClF3NO3. The van der Waals surface area contributed by atoms with Crippen molar-refractivity contribution in [3.05, 3.63) is 58.6 Å². The number of rotatable bonds is 4. The summed E-state index contributed by atoms with van der Waals surface area (Å²) in [7, 11) is 0. The standard InChI is InChI=1S/C23H23ClF3NO3/c1-23(2,3)31-22(30)28-12-15(26)11-19(28)20(29)9-13-5-4-6-17(21(13)27)16-8-7-14(25)10-18(16)24/h4-8,10,15,19H,9,11-12H2,1-3H3/t15-,19+/m1/s1. The fraction of sp³-hybridized carbons (Fsp3) is 0.391. The van der Waals surface area contributed by atoms with Gasteiger partial charge in [0.15, 0.2) is 5.78 Å². The molecule has 2 aromatic rings. The molecule has 4 nitrogen and oxygen atoms in total. The first kappa shape index (κ1) is 23.1. The van der Waals surface area contributed by atoms with E-state index in [1.807, 2.05) is 0 Å². The van der Waals surface area contributed by atoms with Gasteiger partial charge in [-0.3, -0.25) is 9.69 Å². The molecule has 0 aromatic heterocycles. The SMILES string of the molecule is CC(C)(C)OC(=O)N1C[C@H](F)C[C@H]1C(=O)Cc1cccc(-c2ccc(F)cc2Cl)c1F. The zero-order valence-electron chi connectivity index (χ0n) is 17.4. The zero-order chi connectivity index (χ0) is 22.9. The molecule has 1 heterocycles. The van der Waals surface area contributed by atoms with Crippen LogP contribution in [0, 0.1) is 11.6 Å². The van der Waals surface area contributed by atoms with Crippen molar-refractivity contribution in [2.75, 3.05) is 6.54 Å². The maximum atomic E-state index is 15.2. The van der Waals surface area contributed by atoms with Gasteiger partial charge in [-0.2, -0.15) is 0 Å². The Morgan fingerprint density at radius 1 is 1.16 bits per heavy atom. The van der Waals surface area contributed by atoms with Crippen molar-refractivity contribution in [1.29, 1.82) is 0 Å². The van der Waals surface area contributed by atoms with Crippen molar-refractivity contribution >= 4 is 23.5 Å². The summed E-state index contributed by atoms with van der Waals surface area (Å²) in [6.45, 7) is 4.77. The van der Waals surface area contributed by atoms with Crippen LogP contribution in [-0.4, -0.2) is 41.1 Å². The molecule has 0 N–H and O–H groups in total. The number of Topliss-reactive ketones (excluding diaryl/α,β-unsaturated/α-hetero) is 1. The Balaban J connectivity index is 1.83. The Morgan fingerprint density at radius 3 is 2.52 bits per heavy atom. The molecule has 31 heavy (non-hydrogen) atoms. The van der Waals surface area contributed by atoms with Gasteiger partial charge in [0.25, 0.3) is 0 Å². The number of ketones is 1. The first-order chi connectivity index (χ1) is 14.5. The second-order valence-electron chi connectivity index (χ2n) is 8.53. The molecule has 0 saturated carbocycles. The summed E-state index contributed by atoms with van der Waals surface area (Å²) in [5.74, 6) is -1.72. The minimum Gasteiger partial charge on any atom is -0.444 e. The van der Waals surface area contributed by atoms with Crippen molar-refractivity contribution < 1.29 is 27.5 Å². The van der Waals surface area contributed by atoms with Gasteiger partial charge in [-0.1, -0.05) is 29.8 Å². The number of hydrogen-bond donors (Lipinski definition) is 0. The summed E-state index contributed by atoms with van der Waals surface area (Å²) in [5, 5.41) is 0.0366. The molecule has 1 saturated heterocycles. The lowest BCUT2D eigenvalue weighted by atomic mass is 9.97. The number of hydrogen-bond acceptors (Lipinski definition) is 3. The lowest BCUT2D eigenvalue weighted by Gasteiger charge is -2.27. The summed E-state index contributed by atoms with van der Waals surface area (Å²) in [6, 6.07) is 7.03. The van der Waals surface area contributed by atoms with Crippen LogP contribution in [0.5, 0.6) is 0 Å². The van der Waals surface area contributed by atoms with E-state index in [9.17, 15) is 18.4 Å². The molecule has 1 aliphatic heterocycles. The van der Waals surface area contributed by atoms with Gasteiger partial charge in [0.1, 0.15) is 23.4 Å². The van der Waals surface area contributed by atoms with Crippen LogP contribution < -0.4 is 0 Å². The number of ether oxygens (including phenoxy) is 1. The highest BCUT2D eigenvalue weighted by Gasteiger charge is 2.41. The fourth-order valence-corrected chi connectivity index (χ4v) is 3.82. The lowest BCUT2D eigenvalue weighted by Crippen LogP contribution is -2.44. The van der Waals surface area contributed by atoms with Crippen LogP contribution in [-0.2, 0) is 16.0 Å². The van der Waals surface area contributed by atoms with E-state index in [-0.39, 0.29) is 41.1 Å². The second kappa shape index (κ2) is 8.91. The topological polar surface area (TPSA) is 46.6 Å². The number of nitrogens with zero attached hydrogens (tertiary/aromatic N) is 1. The van der Waals surface area contributed by atoms with Gasteiger partial charge in [-0.15, -0.1) is 0 Å². The first-order valence-electron chi connectivity index (χ1n) is 9.85. The molecule has 1 fully saturated rings. The molecule has 1 aliphatic rings. The predicted molar refractivity (Wildman–Crippen MR) is 112 cm³/mol. The molecule has 2 aromatic carbocycles. The summed E-state index contributed by atoms with van der Waals surface area (Å²) in [5.41, 5.74) is -0.313. The zero-order valence-corrected chi connectivity index (χ0v) is 18.2. The average Bonchev–Trinajstić information content (AvgIpc) is 3.05. The molecule has 0 spiro atoms. The fourth-order valence-electron chi connectivity index (χ4n) is 3.55. The van der Waals surface area contributed by atoms with Crippen LogP contribution in [0.2, 0.25) is 5.02 Å². The number of carbonyl (C=O) groups is 2. The predicted octanol–water partition coefficient (Wildman–Crippen LogP) is 5.74. The third-order valence-corrected chi connectivity index (χ3v) is 5.23. The number of halogens is 4. The molecule has 0 bridgehead atoms. The van der Waals surface area contributed by atoms with Gasteiger partial charge in [0.2, 0.25) is 0 Å². The van der Waals surface area contributed by atoms with Gasteiger partial charge in [0.05, 0.1) is 17.6 Å². The number of alkyl halides is 1. The minimum atomic E-state index is -1.37. The molecular weight excluding hydrogens is 431 g/mol. The Hall–Kier alpha value is -2.54. The van der Waals surface area contributed by atoms with E-state index < -0.39 is 41.3 Å². The highest BCUT2D eigenvalue weighted by molar-refractivity contribution is 6.33. The van der Waals surface area contributed by atoms with Crippen molar-refractivity contribution in [3.63, 3.8) is 0 Å². The number of likely N-dealkylation sites (tertiary alicyclic amines) is 1. The van der Waals surface area contributed by atoms with Crippen molar-refractivity contribution in [1.82, 2.24) is 4.90 Å². The third kappa shape index (κ3) is 5.39. The number of benzene rings is 2. The van der Waals surface area contributed by atoms with Crippen LogP contribution >= 0.6 is 11.6 Å². The average molecular weight is 454 g/mol. The highest BCUT2D eigenvalue weighted by atomic mass is 35.5. The minimum absolute atomic E-state index is 0.0366. The smallest absolute Gasteiger partial charge is 0.411 e. The summed E-state index contributed by atoms with van der Waals surface area (Å²) in [4.78, 5) is 26.4. The largest absolute Gasteiger partial charge is 0.444 e. The third-order valence-electron chi connectivity index (χ3n) is 4.91. The molecule has 8 heteroatoms. The Morgan fingerprint density at radius 2 is 1.87 bits per heavy atom. The Kier molecular flexibility index (Phi) is 6.65. The van der Waals surface area contributed by atoms with Gasteiger partial charge in [-0.05, 0) is 44.5 Å². The molecule has 2 atom stereocenters. The Bertz CT molecular complexity index is 1010. The quantitative estimate of drug-likeness (QED) is 0.592. The van der Waals surface area contributed by atoms with E-state index in [2.05, 4.69) is 0 Å². The van der Waals surface area contributed by atoms with Crippen LogP contribution in [0.3, 0.4) is 0 Å². The van der Waals surface area contributed by atoms with E-state index >= 15 is 4.39 Å². The van der Waals surface area contributed by atoms with Crippen LogP contribution in [0.4, 0.5) is 18.0 Å². The highest BCUT2D eigenvalue weighted by Crippen LogP contribution is 2.32. The van der Waals surface area contributed by atoms with E-state index in [1.165, 1.54) is 18.2 Å². The monoisotopic (exact) mass is 453 g/mol. The van der Waals surface area contributed by atoms with E-state index in [0.29, 0.717) is 0 Å².